The van der Waals surface area contributed by atoms with Crippen molar-refractivity contribution in [1.29, 1.82) is 5.26 Å². The van der Waals surface area contributed by atoms with E-state index in [0.717, 1.165) is 11.3 Å². The van der Waals surface area contributed by atoms with Crippen molar-refractivity contribution in [3.8, 4) is 11.9 Å². The van der Waals surface area contributed by atoms with Gasteiger partial charge in [-0.1, -0.05) is 18.2 Å². The lowest BCUT2D eigenvalue weighted by atomic mass is 10.2. The summed E-state index contributed by atoms with van der Waals surface area (Å²) in [5, 5.41) is 14.5. The van der Waals surface area contributed by atoms with E-state index in [1.54, 1.807) is 67.0 Å². The number of sulfone groups is 1. The monoisotopic (exact) mass is 463 g/mol. The number of ether oxygens (including phenoxy) is 1. The second kappa shape index (κ2) is 10.1. The molecule has 1 heterocycles. The van der Waals surface area contributed by atoms with Crippen LogP contribution in [0.1, 0.15) is 26.3 Å². The number of hydrogen-bond donors (Lipinski definition) is 2. The fourth-order valence-corrected chi connectivity index (χ4v) is 4.17. The van der Waals surface area contributed by atoms with E-state index >= 15 is 0 Å². The number of aromatic nitrogens is 1. The standard InChI is InChI=1S/C24H25N5O3S/c1-24(2,3)32-20-5-4-6-22(15-20)33(30,31)21-9-7-18(8-10-21)16-27-23(28-17-25)29-19-11-13-26-14-12-19/h4-15H,16H2,1-3H3,(H2,26,27,28,29). The predicted molar refractivity (Wildman–Crippen MR) is 126 cm³/mol. The molecule has 3 aromatic rings. The van der Waals surface area contributed by atoms with Crippen molar-refractivity contribution in [1.82, 2.24) is 10.3 Å². The smallest absolute Gasteiger partial charge is 0.209 e. The number of rotatable bonds is 6. The number of guanidine groups is 1. The minimum Gasteiger partial charge on any atom is -0.488 e. The molecule has 0 fully saturated rings. The Bertz CT molecular complexity index is 1260. The summed E-state index contributed by atoms with van der Waals surface area (Å²) in [6.45, 7) is 5.95. The van der Waals surface area contributed by atoms with Gasteiger partial charge in [-0.2, -0.15) is 5.26 Å². The van der Waals surface area contributed by atoms with E-state index < -0.39 is 15.4 Å². The van der Waals surface area contributed by atoms with Gasteiger partial charge in [-0.15, -0.1) is 0 Å². The topological polar surface area (TPSA) is 116 Å². The molecule has 0 atom stereocenters. The van der Waals surface area contributed by atoms with Crippen molar-refractivity contribution in [2.75, 3.05) is 5.32 Å². The van der Waals surface area contributed by atoms with Gasteiger partial charge in [0.1, 0.15) is 11.4 Å². The van der Waals surface area contributed by atoms with Crippen LogP contribution in [-0.4, -0.2) is 25.0 Å². The van der Waals surface area contributed by atoms with Crippen LogP contribution < -0.4 is 15.4 Å². The lowest BCUT2D eigenvalue weighted by molar-refractivity contribution is 0.130. The highest BCUT2D eigenvalue weighted by Crippen LogP contribution is 2.26. The number of nitriles is 1. The number of nitrogens with zero attached hydrogens (tertiary/aromatic N) is 3. The highest BCUT2D eigenvalue weighted by molar-refractivity contribution is 7.91. The SMILES string of the molecule is CC(C)(C)Oc1cccc(S(=O)(=O)c2ccc(CN=C(NC#N)Nc3ccncc3)cc2)c1. The third kappa shape index (κ3) is 6.79. The number of benzene rings is 2. The van der Waals surface area contributed by atoms with Crippen molar-refractivity contribution >= 4 is 21.5 Å². The van der Waals surface area contributed by atoms with Gasteiger partial charge in [-0.05, 0) is 68.8 Å². The largest absolute Gasteiger partial charge is 0.488 e. The van der Waals surface area contributed by atoms with E-state index in [2.05, 4.69) is 20.6 Å². The van der Waals surface area contributed by atoms with Crippen LogP contribution in [0, 0.1) is 11.5 Å². The molecule has 8 nitrogen and oxygen atoms in total. The molecular formula is C24H25N5O3S. The number of anilines is 1. The van der Waals surface area contributed by atoms with Gasteiger partial charge in [-0.25, -0.2) is 13.4 Å². The Morgan fingerprint density at radius 3 is 2.39 bits per heavy atom. The van der Waals surface area contributed by atoms with Gasteiger partial charge in [0, 0.05) is 18.1 Å². The average Bonchev–Trinajstić information content (AvgIpc) is 2.78. The van der Waals surface area contributed by atoms with Crippen LogP contribution in [0.4, 0.5) is 5.69 Å². The minimum atomic E-state index is -3.70. The molecule has 0 saturated carbocycles. The fraction of sp³-hybridized carbons (Fsp3) is 0.208. The summed E-state index contributed by atoms with van der Waals surface area (Å²) in [5.41, 5.74) is 1.08. The van der Waals surface area contributed by atoms with E-state index in [9.17, 15) is 8.42 Å². The van der Waals surface area contributed by atoms with Crippen LogP contribution in [0.25, 0.3) is 0 Å². The highest BCUT2D eigenvalue weighted by Gasteiger charge is 2.19. The van der Waals surface area contributed by atoms with Crippen LogP contribution >= 0.6 is 0 Å². The molecule has 9 heteroatoms. The zero-order chi connectivity index (χ0) is 23.9. The lowest BCUT2D eigenvalue weighted by Crippen LogP contribution is -2.26. The average molecular weight is 464 g/mol. The van der Waals surface area contributed by atoms with Gasteiger partial charge in [0.05, 0.1) is 16.3 Å². The molecule has 1 aromatic heterocycles. The molecule has 0 unspecified atom stereocenters. The van der Waals surface area contributed by atoms with Gasteiger partial charge in [0.2, 0.25) is 15.8 Å². The van der Waals surface area contributed by atoms with E-state index in [4.69, 9.17) is 10.00 Å². The van der Waals surface area contributed by atoms with E-state index in [1.165, 1.54) is 6.07 Å². The maximum absolute atomic E-state index is 13.1. The van der Waals surface area contributed by atoms with Crippen LogP contribution in [0.2, 0.25) is 0 Å². The Kier molecular flexibility index (Phi) is 7.30. The number of nitrogens with one attached hydrogen (secondary N) is 2. The van der Waals surface area contributed by atoms with E-state index in [-0.39, 0.29) is 22.3 Å². The second-order valence-electron chi connectivity index (χ2n) is 8.10. The zero-order valence-corrected chi connectivity index (χ0v) is 19.4. The molecule has 0 saturated heterocycles. The molecule has 0 radical (unpaired) electrons. The number of pyridine rings is 1. The minimum absolute atomic E-state index is 0.164. The molecule has 2 N–H and O–H groups in total. The first-order chi connectivity index (χ1) is 15.7. The Morgan fingerprint density at radius 1 is 1.06 bits per heavy atom. The Hall–Kier alpha value is -3.90. The summed E-state index contributed by atoms with van der Waals surface area (Å²) in [7, 11) is -3.70. The second-order valence-corrected chi connectivity index (χ2v) is 10.0. The van der Waals surface area contributed by atoms with E-state index in [0.29, 0.717) is 5.75 Å². The molecule has 3 rings (SSSR count). The Balaban J connectivity index is 1.76. The molecule has 0 spiro atoms. The Labute approximate surface area is 193 Å². The van der Waals surface area contributed by atoms with Crippen LogP contribution in [0.15, 0.2) is 87.8 Å². The number of hydrogen-bond acceptors (Lipinski definition) is 6. The molecule has 2 aromatic carbocycles. The van der Waals surface area contributed by atoms with Crippen molar-refractivity contribution in [2.45, 2.75) is 42.7 Å². The predicted octanol–water partition coefficient (Wildman–Crippen LogP) is 4.13. The van der Waals surface area contributed by atoms with Crippen LogP contribution in [0.3, 0.4) is 0 Å². The molecule has 0 aliphatic carbocycles. The summed E-state index contributed by atoms with van der Waals surface area (Å²) in [6.07, 6.45) is 5.08. The molecule has 170 valence electrons. The molecule has 33 heavy (non-hydrogen) atoms. The van der Waals surface area contributed by atoms with E-state index in [1.807, 2.05) is 27.0 Å². The summed E-state index contributed by atoms with van der Waals surface area (Å²) in [5.74, 6) is 0.768. The third-order valence-corrected chi connectivity index (χ3v) is 6.08. The normalized spacial score (nSPS) is 12.0. The molecule has 0 amide bonds. The molecule has 0 bridgehead atoms. The quantitative estimate of drug-likeness (QED) is 0.244. The van der Waals surface area contributed by atoms with Crippen molar-refractivity contribution < 1.29 is 13.2 Å². The Morgan fingerprint density at radius 2 is 1.76 bits per heavy atom. The van der Waals surface area contributed by atoms with Gasteiger partial charge in [0.15, 0.2) is 6.19 Å². The molecule has 0 aliphatic heterocycles. The van der Waals surface area contributed by atoms with Gasteiger partial charge in [-0.3, -0.25) is 10.3 Å². The third-order valence-electron chi connectivity index (χ3n) is 4.31. The first-order valence-corrected chi connectivity index (χ1v) is 11.7. The first kappa shape index (κ1) is 23.8. The van der Waals surface area contributed by atoms with Gasteiger partial charge < -0.3 is 10.1 Å². The van der Waals surface area contributed by atoms with Crippen molar-refractivity contribution in [3.05, 3.63) is 78.6 Å². The van der Waals surface area contributed by atoms with Crippen LogP contribution in [0.5, 0.6) is 5.75 Å². The maximum atomic E-state index is 13.1. The highest BCUT2D eigenvalue weighted by atomic mass is 32.2. The maximum Gasteiger partial charge on any atom is 0.209 e. The lowest BCUT2D eigenvalue weighted by Gasteiger charge is -2.21. The summed E-state index contributed by atoms with van der Waals surface area (Å²) in [6, 6.07) is 16.5. The zero-order valence-electron chi connectivity index (χ0n) is 18.6. The summed E-state index contributed by atoms with van der Waals surface area (Å²) in [4.78, 5) is 8.64. The first-order valence-electron chi connectivity index (χ1n) is 10.2. The van der Waals surface area contributed by atoms with Gasteiger partial charge >= 0.3 is 0 Å². The van der Waals surface area contributed by atoms with Crippen molar-refractivity contribution in [2.24, 2.45) is 4.99 Å². The van der Waals surface area contributed by atoms with Crippen LogP contribution in [-0.2, 0) is 16.4 Å². The summed E-state index contributed by atoms with van der Waals surface area (Å²) >= 11 is 0. The molecular weight excluding hydrogens is 438 g/mol. The van der Waals surface area contributed by atoms with Gasteiger partial charge in [0.25, 0.3) is 0 Å². The fourth-order valence-electron chi connectivity index (χ4n) is 2.87. The molecule has 0 aliphatic rings. The number of aliphatic imine (C=N–C) groups is 1. The summed E-state index contributed by atoms with van der Waals surface area (Å²) < 4.78 is 31.9. The van der Waals surface area contributed by atoms with Crippen molar-refractivity contribution in [3.63, 3.8) is 0 Å².